The van der Waals surface area contributed by atoms with Gasteiger partial charge in [-0.3, -0.25) is 9.59 Å². The molecule has 5 heteroatoms. The largest absolute Gasteiger partial charge is 0.481 e. The molecule has 0 aliphatic rings. The minimum Gasteiger partial charge on any atom is -0.481 e. The highest BCUT2D eigenvalue weighted by Gasteiger charge is 2.23. The second-order valence-corrected chi connectivity index (χ2v) is 5.50. The molecule has 0 radical (unpaired) electrons. The van der Waals surface area contributed by atoms with E-state index in [0.717, 1.165) is 11.1 Å². The lowest BCUT2D eigenvalue weighted by Gasteiger charge is -2.13. The minimum absolute atomic E-state index is 0.166. The number of carbonyl (C=O) groups excluding carboxylic acids is 1. The van der Waals surface area contributed by atoms with Gasteiger partial charge in [-0.1, -0.05) is 30.3 Å². The van der Waals surface area contributed by atoms with Crippen molar-refractivity contribution in [1.29, 1.82) is 0 Å². The van der Waals surface area contributed by atoms with E-state index in [1.165, 1.54) is 11.3 Å². The second kappa shape index (κ2) is 7.59. The fraction of sp³-hybridized carbons (Fsp3) is 0.250. The van der Waals surface area contributed by atoms with E-state index in [9.17, 15) is 9.59 Å². The molecule has 2 aromatic rings. The molecule has 110 valence electrons. The van der Waals surface area contributed by atoms with Crippen molar-refractivity contribution >= 4 is 23.3 Å². The number of rotatable bonds is 7. The number of esters is 1. The van der Waals surface area contributed by atoms with Crippen LogP contribution in [0.15, 0.2) is 47.2 Å². The van der Waals surface area contributed by atoms with Crippen LogP contribution in [0.25, 0.3) is 0 Å². The van der Waals surface area contributed by atoms with E-state index in [4.69, 9.17) is 9.84 Å². The molecular weight excluding hydrogens is 288 g/mol. The smallest absolute Gasteiger partial charge is 0.310 e. The van der Waals surface area contributed by atoms with Crippen LogP contribution >= 0.6 is 11.3 Å². The van der Waals surface area contributed by atoms with Crippen LogP contribution in [0.3, 0.4) is 0 Å². The van der Waals surface area contributed by atoms with E-state index in [1.54, 1.807) is 0 Å². The van der Waals surface area contributed by atoms with Gasteiger partial charge in [0.05, 0.1) is 12.3 Å². The average Bonchev–Trinajstić information content (AvgIpc) is 2.98. The Morgan fingerprint density at radius 1 is 1.14 bits per heavy atom. The molecule has 4 nitrogen and oxygen atoms in total. The number of thiophene rings is 1. The Balaban J connectivity index is 1.95. The van der Waals surface area contributed by atoms with E-state index in [2.05, 4.69) is 0 Å². The van der Waals surface area contributed by atoms with Gasteiger partial charge < -0.3 is 9.84 Å². The summed E-state index contributed by atoms with van der Waals surface area (Å²) in [6, 6.07) is 11.2. The van der Waals surface area contributed by atoms with Crippen LogP contribution in [0.4, 0.5) is 0 Å². The molecule has 1 N–H and O–H groups in total. The first-order chi connectivity index (χ1) is 10.1. The summed E-state index contributed by atoms with van der Waals surface area (Å²) in [5.74, 6) is -2.11. The predicted molar refractivity (Wildman–Crippen MR) is 80.0 cm³/mol. The highest BCUT2D eigenvalue weighted by molar-refractivity contribution is 7.07. The zero-order valence-corrected chi connectivity index (χ0v) is 12.2. The third-order valence-corrected chi connectivity index (χ3v) is 3.77. The summed E-state index contributed by atoms with van der Waals surface area (Å²) >= 11 is 1.52. The van der Waals surface area contributed by atoms with Gasteiger partial charge in [0.25, 0.3) is 0 Å². The molecule has 0 bridgehead atoms. The maximum absolute atomic E-state index is 12.1. The highest BCUT2D eigenvalue weighted by atomic mass is 32.1. The Morgan fingerprint density at radius 2 is 1.90 bits per heavy atom. The molecule has 1 heterocycles. The van der Waals surface area contributed by atoms with Gasteiger partial charge in [0.15, 0.2) is 0 Å². The molecule has 1 aromatic heterocycles. The van der Waals surface area contributed by atoms with Crippen molar-refractivity contribution in [2.24, 2.45) is 5.92 Å². The lowest BCUT2D eigenvalue weighted by Crippen LogP contribution is -2.23. The number of carboxylic acid groups (broad SMARTS) is 1. The number of benzene rings is 1. The molecule has 1 atom stereocenters. The standard InChI is InChI=1S/C16H16O4S/c17-15(18)9-14(8-13-6-7-21-11-13)16(19)20-10-12-4-2-1-3-5-12/h1-7,11,14H,8-10H2,(H,17,18). The summed E-state index contributed by atoms with van der Waals surface area (Å²) < 4.78 is 5.24. The number of hydrogen-bond acceptors (Lipinski definition) is 4. The highest BCUT2D eigenvalue weighted by Crippen LogP contribution is 2.17. The van der Waals surface area contributed by atoms with Crippen molar-refractivity contribution in [3.63, 3.8) is 0 Å². The molecule has 0 saturated heterocycles. The molecule has 0 fully saturated rings. The molecule has 1 unspecified atom stereocenters. The Labute approximate surface area is 127 Å². The van der Waals surface area contributed by atoms with Crippen LogP contribution in [0, 0.1) is 5.92 Å². The summed E-state index contributed by atoms with van der Waals surface area (Å²) in [6.45, 7) is 0.166. The maximum atomic E-state index is 12.1. The van der Waals surface area contributed by atoms with Crippen molar-refractivity contribution in [2.75, 3.05) is 0 Å². The van der Waals surface area contributed by atoms with Crippen LogP contribution in [-0.4, -0.2) is 17.0 Å². The molecule has 0 aliphatic carbocycles. The molecule has 0 spiro atoms. The molecule has 21 heavy (non-hydrogen) atoms. The van der Waals surface area contributed by atoms with Gasteiger partial charge in [-0.15, -0.1) is 0 Å². The summed E-state index contributed by atoms with van der Waals surface area (Å²) in [6.07, 6.45) is 0.174. The Kier molecular flexibility index (Phi) is 5.51. The monoisotopic (exact) mass is 304 g/mol. The second-order valence-electron chi connectivity index (χ2n) is 4.72. The van der Waals surface area contributed by atoms with Gasteiger partial charge in [0.1, 0.15) is 6.61 Å². The van der Waals surface area contributed by atoms with Gasteiger partial charge in [-0.25, -0.2) is 0 Å². The first kappa shape index (κ1) is 15.3. The first-order valence-electron chi connectivity index (χ1n) is 6.58. The lowest BCUT2D eigenvalue weighted by molar-refractivity contribution is -0.154. The van der Waals surface area contributed by atoms with E-state index >= 15 is 0 Å². The van der Waals surface area contributed by atoms with Crippen LogP contribution in [0.5, 0.6) is 0 Å². The summed E-state index contributed by atoms with van der Waals surface area (Å²) in [5.41, 5.74) is 1.85. The fourth-order valence-electron chi connectivity index (χ4n) is 1.99. The molecule has 0 aliphatic heterocycles. The van der Waals surface area contributed by atoms with E-state index in [1.807, 2.05) is 47.2 Å². The number of hydrogen-bond donors (Lipinski definition) is 1. The third kappa shape index (κ3) is 5.04. The molecule has 0 amide bonds. The summed E-state index contributed by atoms with van der Waals surface area (Å²) in [5, 5.41) is 12.8. The van der Waals surface area contributed by atoms with E-state index in [0.29, 0.717) is 6.42 Å². The van der Waals surface area contributed by atoms with Crippen LogP contribution < -0.4 is 0 Å². The number of carbonyl (C=O) groups is 2. The maximum Gasteiger partial charge on any atom is 0.310 e. The number of aliphatic carboxylic acids is 1. The average molecular weight is 304 g/mol. The normalized spacial score (nSPS) is 11.8. The summed E-state index contributed by atoms with van der Waals surface area (Å²) in [4.78, 5) is 23.0. The van der Waals surface area contributed by atoms with Crippen molar-refractivity contribution in [2.45, 2.75) is 19.4 Å². The predicted octanol–water partition coefficient (Wildman–Crippen LogP) is 3.12. The van der Waals surface area contributed by atoms with E-state index in [-0.39, 0.29) is 13.0 Å². The zero-order valence-electron chi connectivity index (χ0n) is 11.4. The quantitative estimate of drug-likeness (QED) is 0.798. The third-order valence-electron chi connectivity index (χ3n) is 3.04. The topological polar surface area (TPSA) is 63.6 Å². The van der Waals surface area contributed by atoms with Crippen LogP contribution in [-0.2, 0) is 27.4 Å². The molecule has 1 aromatic carbocycles. The first-order valence-corrected chi connectivity index (χ1v) is 7.53. The Morgan fingerprint density at radius 3 is 2.52 bits per heavy atom. The van der Waals surface area contributed by atoms with Crippen molar-refractivity contribution < 1.29 is 19.4 Å². The Hall–Kier alpha value is -2.14. The summed E-state index contributed by atoms with van der Waals surface area (Å²) in [7, 11) is 0. The molecule has 0 saturated carbocycles. The van der Waals surface area contributed by atoms with Crippen molar-refractivity contribution in [3.05, 3.63) is 58.3 Å². The zero-order chi connectivity index (χ0) is 15.1. The lowest BCUT2D eigenvalue weighted by atomic mass is 9.98. The molecular formula is C16H16O4S. The van der Waals surface area contributed by atoms with Crippen LogP contribution in [0.2, 0.25) is 0 Å². The Bertz CT molecular complexity index is 578. The van der Waals surface area contributed by atoms with Gasteiger partial charge in [0, 0.05) is 0 Å². The number of carboxylic acids is 1. The molecule has 2 rings (SSSR count). The van der Waals surface area contributed by atoms with Gasteiger partial charge in [-0.2, -0.15) is 11.3 Å². The fourth-order valence-corrected chi connectivity index (χ4v) is 2.67. The van der Waals surface area contributed by atoms with Crippen molar-refractivity contribution in [3.8, 4) is 0 Å². The SMILES string of the molecule is O=C(O)CC(Cc1ccsc1)C(=O)OCc1ccccc1. The van der Waals surface area contributed by atoms with Gasteiger partial charge in [0.2, 0.25) is 0 Å². The number of ether oxygens (including phenoxy) is 1. The minimum atomic E-state index is -0.994. The van der Waals surface area contributed by atoms with Gasteiger partial charge in [-0.05, 0) is 34.4 Å². The van der Waals surface area contributed by atoms with Gasteiger partial charge >= 0.3 is 11.9 Å². The van der Waals surface area contributed by atoms with E-state index < -0.39 is 17.9 Å². The van der Waals surface area contributed by atoms with Crippen LogP contribution in [0.1, 0.15) is 17.5 Å². The van der Waals surface area contributed by atoms with Crippen molar-refractivity contribution in [1.82, 2.24) is 0 Å².